The zero-order valence-corrected chi connectivity index (χ0v) is 8.79. The fraction of sp³-hybridized carbons (Fsp3) is 0.500. The van der Waals surface area contributed by atoms with E-state index in [1.165, 1.54) is 11.1 Å². The SMILES string of the molecule is CC[C@H](N)c1ccc2c(c1)C[C@H](C)O2. The molecule has 0 aliphatic carbocycles. The Morgan fingerprint density at radius 3 is 3.07 bits per heavy atom. The molecule has 2 N–H and O–H groups in total. The topological polar surface area (TPSA) is 35.2 Å². The Morgan fingerprint density at radius 1 is 1.57 bits per heavy atom. The van der Waals surface area contributed by atoms with Crippen LogP contribution in [0.1, 0.15) is 37.4 Å². The van der Waals surface area contributed by atoms with Crippen LogP contribution < -0.4 is 10.5 Å². The lowest BCUT2D eigenvalue weighted by atomic mass is 10.0. The molecule has 0 aromatic heterocycles. The van der Waals surface area contributed by atoms with Crippen LogP contribution in [0.25, 0.3) is 0 Å². The van der Waals surface area contributed by atoms with Crippen LogP contribution in [0, 0.1) is 0 Å². The molecule has 0 amide bonds. The van der Waals surface area contributed by atoms with Gasteiger partial charge in [-0.3, -0.25) is 0 Å². The lowest BCUT2D eigenvalue weighted by molar-refractivity contribution is 0.254. The van der Waals surface area contributed by atoms with Gasteiger partial charge in [-0.15, -0.1) is 0 Å². The molecule has 14 heavy (non-hydrogen) atoms. The number of benzene rings is 1. The second-order valence-electron chi connectivity index (χ2n) is 4.01. The molecule has 0 bridgehead atoms. The second kappa shape index (κ2) is 3.62. The van der Waals surface area contributed by atoms with Gasteiger partial charge in [-0.1, -0.05) is 19.1 Å². The summed E-state index contributed by atoms with van der Waals surface area (Å²) in [6.07, 6.45) is 2.31. The van der Waals surface area contributed by atoms with Gasteiger partial charge in [0.2, 0.25) is 0 Å². The third-order valence-electron chi connectivity index (χ3n) is 2.79. The van der Waals surface area contributed by atoms with Crippen molar-refractivity contribution >= 4 is 0 Å². The highest BCUT2D eigenvalue weighted by Gasteiger charge is 2.19. The van der Waals surface area contributed by atoms with Crippen LogP contribution in [-0.4, -0.2) is 6.10 Å². The number of ether oxygens (including phenoxy) is 1. The van der Waals surface area contributed by atoms with Crippen molar-refractivity contribution in [2.45, 2.75) is 38.8 Å². The number of nitrogens with two attached hydrogens (primary N) is 1. The second-order valence-corrected chi connectivity index (χ2v) is 4.01. The minimum atomic E-state index is 0.163. The van der Waals surface area contributed by atoms with Crippen molar-refractivity contribution in [1.29, 1.82) is 0 Å². The van der Waals surface area contributed by atoms with Gasteiger partial charge < -0.3 is 10.5 Å². The fourth-order valence-corrected chi connectivity index (χ4v) is 1.91. The van der Waals surface area contributed by atoms with Crippen LogP contribution in [0.2, 0.25) is 0 Å². The van der Waals surface area contributed by atoms with Crippen LogP contribution >= 0.6 is 0 Å². The van der Waals surface area contributed by atoms with Gasteiger partial charge >= 0.3 is 0 Å². The minimum absolute atomic E-state index is 0.163. The van der Waals surface area contributed by atoms with Crippen molar-refractivity contribution in [1.82, 2.24) is 0 Å². The van der Waals surface area contributed by atoms with Crippen LogP contribution in [0.4, 0.5) is 0 Å². The predicted molar refractivity (Wildman–Crippen MR) is 57.5 cm³/mol. The predicted octanol–water partition coefficient (Wildman–Crippen LogP) is 2.42. The van der Waals surface area contributed by atoms with E-state index in [0.717, 1.165) is 18.6 Å². The molecule has 0 spiro atoms. The lowest BCUT2D eigenvalue weighted by Crippen LogP contribution is -2.08. The summed E-state index contributed by atoms with van der Waals surface area (Å²) >= 11 is 0. The van der Waals surface area contributed by atoms with Crippen LogP contribution in [0.3, 0.4) is 0 Å². The summed E-state index contributed by atoms with van der Waals surface area (Å²) in [6.45, 7) is 4.20. The Bertz CT molecular complexity index is 335. The van der Waals surface area contributed by atoms with Crippen LogP contribution in [0.15, 0.2) is 18.2 Å². The average Bonchev–Trinajstić information content (AvgIpc) is 2.55. The molecule has 2 atom stereocenters. The molecule has 1 heterocycles. The molecule has 2 nitrogen and oxygen atoms in total. The Labute approximate surface area is 85.1 Å². The van der Waals surface area contributed by atoms with Gasteiger partial charge in [-0.2, -0.15) is 0 Å². The zero-order chi connectivity index (χ0) is 10.1. The first-order valence-electron chi connectivity index (χ1n) is 5.25. The molecular weight excluding hydrogens is 174 g/mol. The van der Waals surface area contributed by atoms with Crippen molar-refractivity contribution in [3.8, 4) is 5.75 Å². The van der Waals surface area contributed by atoms with E-state index in [1.807, 2.05) is 6.07 Å². The number of rotatable bonds is 2. The molecule has 0 saturated heterocycles. The van der Waals surface area contributed by atoms with Gasteiger partial charge in [-0.05, 0) is 30.5 Å². The quantitative estimate of drug-likeness (QED) is 0.779. The van der Waals surface area contributed by atoms with Gasteiger partial charge in [-0.25, -0.2) is 0 Å². The monoisotopic (exact) mass is 191 g/mol. The molecule has 1 aliphatic rings. The van der Waals surface area contributed by atoms with Gasteiger partial charge in [0.05, 0.1) is 0 Å². The van der Waals surface area contributed by atoms with E-state index < -0.39 is 0 Å². The maximum atomic E-state index is 5.98. The van der Waals surface area contributed by atoms with E-state index in [4.69, 9.17) is 10.5 Å². The number of hydrogen-bond acceptors (Lipinski definition) is 2. The van der Waals surface area contributed by atoms with E-state index in [1.54, 1.807) is 0 Å². The maximum Gasteiger partial charge on any atom is 0.123 e. The molecule has 0 unspecified atom stereocenters. The highest BCUT2D eigenvalue weighted by molar-refractivity contribution is 5.41. The van der Waals surface area contributed by atoms with Crippen molar-refractivity contribution in [3.63, 3.8) is 0 Å². The maximum absolute atomic E-state index is 5.98. The van der Waals surface area contributed by atoms with Crippen molar-refractivity contribution in [2.24, 2.45) is 5.73 Å². The largest absolute Gasteiger partial charge is 0.490 e. The first kappa shape index (κ1) is 9.53. The van der Waals surface area contributed by atoms with Crippen molar-refractivity contribution in [2.75, 3.05) is 0 Å². The summed E-state index contributed by atoms with van der Waals surface area (Å²) in [4.78, 5) is 0. The molecule has 1 aliphatic heterocycles. The van der Waals surface area contributed by atoms with Crippen molar-refractivity contribution < 1.29 is 4.74 Å². The van der Waals surface area contributed by atoms with E-state index in [2.05, 4.69) is 26.0 Å². The van der Waals surface area contributed by atoms with Gasteiger partial charge in [0.1, 0.15) is 11.9 Å². The third-order valence-corrected chi connectivity index (χ3v) is 2.79. The van der Waals surface area contributed by atoms with E-state index >= 15 is 0 Å². The average molecular weight is 191 g/mol. The molecule has 2 heteroatoms. The molecule has 0 saturated carbocycles. The standard InChI is InChI=1S/C12H17NO/c1-3-11(13)9-4-5-12-10(7-9)6-8(2)14-12/h4-5,7-8,11H,3,6,13H2,1-2H3/t8-,11-/m0/s1. The summed E-state index contributed by atoms with van der Waals surface area (Å²) in [5, 5.41) is 0. The van der Waals surface area contributed by atoms with Gasteiger partial charge in [0, 0.05) is 12.5 Å². The van der Waals surface area contributed by atoms with Crippen LogP contribution in [-0.2, 0) is 6.42 Å². The van der Waals surface area contributed by atoms with Gasteiger partial charge in [0.15, 0.2) is 0 Å². The first-order chi connectivity index (χ1) is 6.70. The summed E-state index contributed by atoms with van der Waals surface area (Å²) < 4.78 is 5.63. The smallest absolute Gasteiger partial charge is 0.123 e. The molecule has 1 aromatic carbocycles. The lowest BCUT2D eigenvalue weighted by Gasteiger charge is -2.10. The zero-order valence-electron chi connectivity index (χ0n) is 8.79. The fourth-order valence-electron chi connectivity index (χ4n) is 1.91. The number of fused-ring (bicyclic) bond motifs is 1. The highest BCUT2D eigenvalue weighted by atomic mass is 16.5. The summed E-state index contributed by atoms with van der Waals surface area (Å²) in [5.41, 5.74) is 8.51. The summed E-state index contributed by atoms with van der Waals surface area (Å²) in [6, 6.07) is 6.47. The number of hydrogen-bond donors (Lipinski definition) is 1. The summed E-state index contributed by atoms with van der Waals surface area (Å²) in [5.74, 6) is 1.03. The molecule has 1 aromatic rings. The van der Waals surface area contributed by atoms with Crippen LogP contribution in [0.5, 0.6) is 5.75 Å². The molecular formula is C12H17NO. The summed E-state index contributed by atoms with van der Waals surface area (Å²) in [7, 11) is 0. The van der Waals surface area contributed by atoms with E-state index in [-0.39, 0.29) is 6.04 Å². The third kappa shape index (κ3) is 1.62. The molecule has 2 rings (SSSR count). The minimum Gasteiger partial charge on any atom is -0.490 e. The molecule has 0 radical (unpaired) electrons. The van der Waals surface area contributed by atoms with Gasteiger partial charge in [0.25, 0.3) is 0 Å². The molecule has 0 fully saturated rings. The Balaban J connectivity index is 2.28. The Morgan fingerprint density at radius 2 is 2.36 bits per heavy atom. The Hall–Kier alpha value is -1.02. The Kier molecular flexibility index (Phi) is 2.46. The highest BCUT2D eigenvalue weighted by Crippen LogP contribution is 2.31. The normalized spacial score (nSPS) is 21.5. The van der Waals surface area contributed by atoms with E-state index in [0.29, 0.717) is 6.10 Å². The van der Waals surface area contributed by atoms with E-state index in [9.17, 15) is 0 Å². The molecule has 76 valence electrons. The first-order valence-corrected chi connectivity index (χ1v) is 5.25. The van der Waals surface area contributed by atoms with Crippen molar-refractivity contribution in [3.05, 3.63) is 29.3 Å².